The van der Waals surface area contributed by atoms with E-state index in [1.165, 1.54) is 11.1 Å². The minimum Gasteiger partial charge on any atom is -0.305 e. The minimum atomic E-state index is 0.0153. The summed E-state index contributed by atoms with van der Waals surface area (Å²) < 4.78 is 0. The summed E-state index contributed by atoms with van der Waals surface area (Å²) in [4.78, 5) is 2.66. The zero-order chi connectivity index (χ0) is 16.3. The Morgan fingerprint density at radius 3 is 2.26 bits per heavy atom. The van der Waals surface area contributed by atoms with Crippen LogP contribution in [0.5, 0.6) is 0 Å². The lowest BCUT2D eigenvalue weighted by Crippen LogP contribution is -2.62. The van der Waals surface area contributed by atoms with Crippen molar-refractivity contribution in [2.75, 3.05) is 13.1 Å². The van der Waals surface area contributed by atoms with Gasteiger partial charge < -0.3 is 5.32 Å². The molecule has 1 aliphatic rings. The molecular weight excluding hydrogens is 280 g/mol. The Bertz CT molecular complexity index is 608. The standard InChI is InChI=1S/C21H28N2/c1-17(2)20-14-22-21(3,19-12-8-5-9-13-19)16-23(20)15-18-10-6-4-7-11-18/h4-13,17,20,22H,14-16H2,1-3H3. The lowest BCUT2D eigenvalue weighted by molar-refractivity contribution is 0.0543. The average Bonchev–Trinajstić information content (AvgIpc) is 2.56. The van der Waals surface area contributed by atoms with Gasteiger partial charge in [0.1, 0.15) is 0 Å². The van der Waals surface area contributed by atoms with E-state index >= 15 is 0 Å². The zero-order valence-electron chi connectivity index (χ0n) is 14.5. The Labute approximate surface area is 140 Å². The van der Waals surface area contributed by atoms with Crippen LogP contribution in [0.3, 0.4) is 0 Å². The van der Waals surface area contributed by atoms with E-state index in [4.69, 9.17) is 0 Å². The third kappa shape index (κ3) is 3.65. The van der Waals surface area contributed by atoms with Crippen LogP contribution < -0.4 is 5.32 Å². The summed E-state index contributed by atoms with van der Waals surface area (Å²) in [5, 5.41) is 3.82. The molecule has 0 radical (unpaired) electrons. The van der Waals surface area contributed by atoms with Gasteiger partial charge in [0.2, 0.25) is 0 Å². The number of hydrogen-bond donors (Lipinski definition) is 1. The maximum atomic E-state index is 3.82. The molecule has 2 nitrogen and oxygen atoms in total. The topological polar surface area (TPSA) is 15.3 Å². The van der Waals surface area contributed by atoms with Gasteiger partial charge >= 0.3 is 0 Å². The number of nitrogens with one attached hydrogen (secondary N) is 1. The van der Waals surface area contributed by atoms with Gasteiger partial charge in [0.05, 0.1) is 5.54 Å². The monoisotopic (exact) mass is 308 g/mol. The third-order valence-electron chi connectivity index (χ3n) is 5.10. The predicted octanol–water partition coefficient (Wildman–Crippen LogP) is 4.03. The molecule has 0 spiro atoms. The molecule has 2 unspecified atom stereocenters. The summed E-state index contributed by atoms with van der Waals surface area (Å²) in [7, 11) is 0. The molecule has 0 aliphatic carbocycles. The van der Waals surface area contributed by atoms with E-state index in [1.54, 1.807) is 0 Å². The average molecular weight is 308 g/mol. The Kier molecular flexibility index (Phi) is 4.84. The van der Waals surface area contributed by atoms with Crippen molar-refractivity contribution in [3.05, 3.63) is 71.8 Å². The van der Waals surface area contributed by atoms with Crippen LogP contribution >= 0.6 is 0 Å². The van der Waals surface area contributed by atoms with E-state index in [9.17, 15) is 0 Å². The molecule has 2 heteroatoms. The van der Waals surface area contributed by atoms with E-state index in [0.717, 1.165) is 19.6 Å². The molecule has 1 fully saturated rings. The summed E-state index contributed by atoms with van der Waals surface area (Å²) >= 11 is 0. The quantitative estimate of drug-likeness (QED) is 0.917. The highest BCUT2D eigenvalue weighted by atomic mass is 15.3. The number of nitrogens with zero attached hydrogens (tertiary/aromatic N) is 1. The minimum absolute atomic E-state index is 0.0153. The highest BCUT2D eigenvalue weighted by molar-refractivity contribution is 5.25. The lowest BCUT2D eigenvalue weighted by Gasteiger charge is -2.48. The first-order valence-electron chi connectivity index (χ1n) is 8.67. The Hall–Kier alpha value is -1.64. The van der Waals surface area contributed by atoms with Crippen LogP contribution in [0.1, 0.15) is 31.9 Å². The van der Waals surface area contributed by atoms with Crippen molar-refractivity contribution in [3.8, 4) is 0 Å². The van der Waals surface area contributed by atoms with E-state index in [2.05, 4.69) is 91.7 Å². The van der Waals surface area contributed by atoms with Crippen LogP contribution in [0.15, 0.2) is 60.7 Å². The highest BCUT2D eigenvalue weighted by Crippen LogP contribution is 2.29. The van der Waals surface area contributed by atoms with Crippen LogP contribution in [-0.2, 0) is 12.1 Å². The van der Waals surface area contributed by atoms with Crippen molar-refractivity contribution >= 4 is 0 Å². The smallest absolute Gasteiger partial charge is 0.0535 e. The first-order valence-corrected chi connectivity index (χ1v) is 8.67. The molecule has 1 heterocycles. The Balaban J connectivity index is 1.83. The first kappa shape index (κ1) is 16.2. The van der Waals surface area contributed by atoms with Gasteiger partial charge in [-0.3, -0.25) is 4.90 Å². The van der Waals surface area contributed by atoms with Crippen molar-refractivity contribution in [2.45, 2.75) is 38.9 Å². The second-order valence-electron chi connectivity index (χ2n) is 7.28. The van der Waals surface area contributed by atoms with Gasteiger partial charge in [0.25, 0.3) is 0 Å². The number of benzene rings is 2. The SMILES string of the molecule is CC(C)C1CNC(C)(c2ccccc2)CN1Cc1ccccc1. The second kappa shape index (κ2) is 6.86. The Morgan fingerprint density at radius 2 is 1.65 bits per heavy atom. The molecule has 122 valence electrons. The lowest BCUT2D eigenvalue weighted by atomic mass is 9.86. The van der Waals surface area contributed by atoms with Crippen LogP contribution in [0, 0.1) is 5.92 Å². The maximum Gasteiger partial charge on any atom is 0.0535 e. The van der Waals surface area contributed by atoms with Gasteiger partial charge in [0.15, 0.2) is 0 Å². The highest BCUT2D eigenvalue weighted by Gasteiger charge is 2.37. The van der Waals surface area contributed by atoms with Gasteiger partial charge in [-0.15, -0.1) is 0 Å². The van der Waals surface area contributed by atoms with E-state index in [1.807, 2.05) is 0 Å². The summed E-state index contributed by atoms with van der Waals surface area (Å²) in [6, 6.07) is 22.3. The number of hydrogen-bond acceptors (Lipinski definition) is 2. The maximum absolute atomic E-state index is 3.82. The largest absolute Gasteiger partial charge is 0.305 e. The molecule has 0 bridgehead atoms. The van der Waals surface area contributed by atoms with Crippen molar-refractivity contribution in [3.63, 3.8) is 0 Å². The third-order valence-corrected chi connectivity index (χ3v) is 5.10. The summed E-state index contributed by atoms with van der Waals surface area (Å²) in [5.74, 6) is 0.645. The van der Waals surface area contributed by atoms with Gasteiger partial charge in [-0.1, -0.05) is 74.5 Å². The molecule has 2 atom stereocenters. The molecule has 1 saturated heterocycles. The number of rotatable bonds is 4. The van der Waals surface area contributed by atoms with Gasteiger partial charge in [-0.2, -0.15) is 0 Å². The fourth-order valence-electron chi connectivity index (χ4n) is 3.69. The van der Waals surface area contributed by atoms with Crippen molar-refractivity contribution < 1.29 is 0 Å². The fraction of sp³-hybridized carbons (Fsp3) is 0.429. The predicted molar refractivity (Wildman–Crippen MR) is 97.3 cm³/mol. The normalized spacial score (nSPS) is 25.7. The summed E-state index contributed by atoms with van der Waals surface area (Å²) in [6.07, 6.45) is 0. The van der Waals surface area contributed by atoms with Gasteiger partial charge in [0, 0.05) is 25.7 Å². The number of piperazine rings is 1. The van der Waals surface area contributed by atoms with Crippen LogP contribution in [0.4, 0.5) is 0 Å². The molecule has 3 rings (SSSR count). The molecule has 0 saturated carbocycles. The van der Waals surface area contributed by atoms with Crippen LogP contribution in [0.2, 0.25) is 0 Å². The molecule has 1 N–H and O–H groups in total. The summed E-state index contributed by atoms with van der Waals surface area (Å²) in [5.41, 5.74) is 2.79. The summed E-state index contributed by atoms with van der Waals surface area (Å²) in [6.45, 7) is 10.1. The first-order chi connectivity index (χ1) is 11.1. The molecular formula is C21H28N2. The van der Waals surface area contributed by atoms with Gasteiger partial charge in [-0.25, -0.2) is 0 Å². The fourth-order valence-corrected chi connectivity index (χ4v) is 3.69. The van der Waals surface area contributed by atoms with E-state index in [0.29, 0.717) is 12.0 Å². The van der Waals surface area contributed by atoms with E-state index < -0.39 is 0 Å². The molecule has 23 heavy (non-hydrogen) atoms. The van der Waals surface area contributed by atoms with Crippen molar-refractivity contribution in [1.29, 1.82) is 0 Å². The molecule has 2 aromatic carbocycles. The molecule has 2 aromatic rings. The Morgan fingerprint density at radius 1 is 1.04 bits per heavy atom. The van der Waals surface area contributed by atoms with Crippen molar-refractivity contribution in [2.24, 2.45) is 5.92 Å². The molecule has 1 aliphatic heterocycles. The molecule has 0 aromatic heterocycles. The van der Waals surface area contributed by atoms with Crippen molar-refractivity contribution in [1.82, 2.24) is 10.2 Å². The van der Waals surface area contributed by atoms with Gasteiger partial charge in [-0.05, 0) is 24.0 Å². The van der Waals surface area contributed by atoms with Crippen LogP contribution in [-0.4, -0.2) is 24.0 Å². The van der Waals surface area contributed by atoms with Crippen LogP contribution in [0.25, 0.3) is 0 Å². The van der Waals surface area contributed by atoms with E-state index in [-0.39, 0.29) is 5.54 Å². The molecule has 0 amide bonds. The second-order valence-corrected chi connectivity index (χ2v) is 7.28. The zero-order valence-corrected chi connectivity index (χ0v) is 14.5.